The Morgan fingerprint density at radius 2 is 2.17 bits per heavy atom. The number of sulfonamides is 1. The van der Waals surface area contributed by atoms with Gasteiger partial charge in [0.2, 0.25) is 10.0 Å². The molecule has 3 rings (SSSR count). The number of amides is 1. The number of carbonyl (C=O) groups excluding carboxylic acids is 1. The molecule has 2 saturated heterocycles. The molecule has 0 aliphatic carbocycles. The van der Waals surface area contributed by atoms with Crippen molar-refractivity contribution >= 4 is 15.9 Å². The second kappa shape index (κ2) is 11.2. The van der Waals surface area contributed by atoms with Crippen molar-refractivity contribution in [3.63, 3.8) is 0 Å². The first-order chi connectivity index (χ1) is 13.3. The van der Waals surface area contributed by atoms with Crippen molar-refractivity contribution in [2.45, 2.75) is 50.0 Å². The molecule has 1 amide bonds. The van der Waals surface area contributed by atoms with Crippen molar-refractivity contribution in [1.29, 1.82) is 0 Å². The SMILES string of the molecule is [CH2-]C(=O)N1CCC[C@H](NS(C)(=O)=O)C1CO[C@@H]1CC[C@H](c2[c-]cccc2)OC1.[Y]. The molecule has 2 fully saturated rings. The van der Waals surface area contributed by atoms with E-state index in [1.807, 2.05) is 24.3 Å². The topological polar surface area (TPSA) is 84.9 Å². The second-order valence-corrected chi connectivity index (χ2v) is 9.25. The predicted octanol–water partition coefficient (Wildman–Crippen LogP) is 1.46. The summed E-state index contributed by atoms with van der Waals surface area (Å²) < 4.78 is 38.0. The molecule has 1 N–H and O–H groups in total. The average Bonchev–Trinajstić information content (AvgIpc) is 2.66. The number of hydrogen-bond acceptors (Lipinski definition) is 5. The first-order valence-corrected chi connectivity index (χ1v) is 11.5. The molecule has 159 valence electrons. The molecule has 0 bridgehead atoms. The standard InChI is InChI=1S/C20H28N2O5S.Y/c1-15(23)22-12-6-9-18(21-28(2,24)25)19(22)14-26-17-10-11-20(27-13-17)16-7-4-3-5-8-16;/h3-5,7,17-21H,1,6,9-14H2,2H3;/q-2;/t17-,18+,19?,20-;/m1./s1. The zero-order valence-corrected chi connectivity index (χ0v) is 20.4. The maximum atomic E-state index is 11.9. The van der Waals surface area contributed by atoms with Crippen molar-refractivity contribution < 1.29 is 55.4 Å². The summed E-state index contributed by atoms with van der Waals surface area (Å²) in [4.78, 5) is 13.5. The summed E-state index contributed by atoms with van der Waals surface area (Å²) in [5.74, 6) is -0.312. The largest absolute Gasteiger partial charge is 0.374 e. The number of carbonyl (C=O) groups is 1. The number of hydrogen-bond donors (Lipinski definition) is 1. The van der Waals surface area contributed by atoms with Crippen LogP contribution in [0, 0.1) is 13.0 Å². The maximum absolute atomic E-state index is 11.9. The molecule has 1 aromatic carbocycles. The normalized spacial score (nSPS) is 27.8. The van der Waals surface area contributed by atoms with Crippen molar-refractivity contribution in [3.8, 4) is 0 Å². The van der Waals surface area contributed by atoms with Crippen LogP contribution in [0.5, 0.6) is 0 Å². The van der Waals surface area contributed by atoms with Crippen LogP contribution in [0.25, 0.3) is 0 Å². The minimum absolute atomic E-state index is 0. The van der Waals surface area contributed by atoms with Crippen LogP contribution < -0.4 is 4.72 Å². The van der Waals surface area contributed by atoms with Gasteiger partial charge in [0.25, 0.3) is 0 Å². The van der Waals surface area contributed by atoms with Gasteiger partial charge in [-0.2, -0.15) is 30.3 Å². The van der Waals surface area contributed by atoms with Gasteiger partial charge in [0.1, 0.15) is 0 Å². The minimum atomic E-state index is -3.38. The van der Waals surface area contributed by atoms with E-state index in [1.165, 1.54) is 0 Å². The average molecular weight is 497 g/mol. The number of nitrogens with one attached hydrogen (secondary N) is 1. The van der Waals surface area contributed by atoms with Gasteiger partial charge in [0.05, 0.1) is 43.6 Å². The molecule has 0 aromatic heterocycles. The second-order valence-electron chi connectivity index (χ2n) is 7.47. The number of rotatable bonds is 6. The van der Waals surface area contributed by atoms with Crippen LogP contribution in [0.4, 0.5) is 0 Å². The summed E-state index contributed by atoms with van der Waals surface area (Å²) in [6.07, 6.45) is 4.13. The number of ether oxygens (including phenoxy) is 2. The predicted molar refractivity (Wildman–Crippen MR) is 105 cm³/mol. The Morgan fingerprint density at radius 3 is 2.76 bits per heavy atom. The molecule has 2 aliphatic heterocycles. The van der Waals surface area contributed by atoms with Crippen molar-refractivity contribution in [2.75, 3.05) is 26.0 Å². The summed E-state index contributed by atoms with van der Waals surface area (Å²) >= 11 is 0. The summed E-state index contributed by atoms with van der Waals surface area (Å²) in [5.41, 5.74) is 1.04. The van der Waals surface area contributed by atoms with E-state index in [0.717, 1.165) is 31.1 Å². The van der Waals surface area contributed by atoms with Gasteiger partial charge in [-0.25, -0.2) is 13.1 Å². The van der Waals surface area contributed by atoms with Crippen LogP contribution in [0.3, 0.4) is 0 Å². The summed E-state index contributed by atoms with van der Waals surface area (Å²) in [6, 6.07) is 10.3. The van der Waals surface area contributed by atoms with Gasteiger partial charge in [-0.1, -0.05) is 0 Å². The van der Waals surface area contributed by atoms with Crippen LogP contribution in [0.2, 0.25) is 0 Å². The third-order valence-corrected chi connectivity index (χ3v) is 6.01. The van der Waals surface area contributed by atoms with E-state index in [9.17, 15) is 13.2 Å². The van der Waals surface area contributed by atoms with Crippen molar-refractivity contribution in [2.24, 2.45) is 0 Å². The van der Waals surface area contributed by atoms with E-state index in [-0.39, 0.29) is 69.5 Å². The molecule has 1 radical (unpaired) electrons. The fourth-order valence-electron chi connectivity index (χ4n) is 3.93. The molecule has 0 saturated carbocycles. The van der Waals surface area contributed by atoms with Gasteiger partial charge < -0.3 is 26.1 Å². The summed E-state index contributed by atoms with van der Waals surface area (Å²) in [5, 5.41) is 0. The third-order valence-electron chi connectivity index (χ3n) is 5.28. The Bertz CT molecular complexity index is 753. The van der Waals surface area contributed by atoms with E-state index >= 15 is 0 Å². The zero-order valence-electron chi connectivity index (χ0n) is 16.7. The number of piperidine rings is 1. The van der Waals surface area contributed by atoms with Crippen molar-refractivity contribution in [3.05, 3.63) is 42.8 Å². The first-order valence-electron chi connectivity index (χ1n) is 9.63. The zero-order chi connectivity index (χ0) is 20.1. The van der Waals surface area contributed by atoms with E-state index in [4.69, 9.17) is 9.47 Å². The van der Waals surface area contributed by atoms with E-state index < -0.39 is 10.0 Å². The van der Waals surface area contributed by atoms with E-state index in [2.05, 4.69) is 17.7 Å². The Labute approximate surface area is 198 Å². The van der Waals surface area contributed by atoms with Gasteiger partial charge in [0, 0.05) is 45.3 Å². The molecule has 4 atom stereocenters. The smallest absolute Gasteiger partial charge is 0.209 e. The van der Waals surface area contributed by atoms with Gasteiger partial charge in [0.15, 0.2) is 0 Å². The third kappa shape index (κ3) is 7.29. The molecular weight excluding hydrogens is 469 g/mol. The molecule has 9 heteroatoms. The van der Waals surface area contributed by atoms with Gasteiger partial charge in [-0.15, -0.1) is 5.56 Å². The van der Waals surface area contributed by atoms with E-state index in [1.54, 1.807) is 4.90 Å². The minimum Gasteiger partial charge on any atom is -0.374 e. The van der Waals surface area contributed by atoms with Crippen LogP contribution in [0.1, 0.15) is 37.4 Å². The molecule has 7 nitrogen and oxygen atoms in total. The molecule has 29 heavy (non-hydrogen) atoms. The Balaban J connectivity index is 0.00000300. The maximum Gasteiger partial charge on any atom is 0.209 e. The van der Waals surface area contributed by atoms with Gasteiger partial charge in [-0.3, -0.25) is 0 Å². The molecule has 1 unspecified atom stereocenters. The van der Waals surface area contributed by atoms with Crippen LogP contribution in [-0.2, 0) is 57.0 Å². The fraction of sp³-hybridized carbons (Fsp3) is 0.600. The monoisotopic (exact) mass is 497 g/mol. The quantitative estimate of drug-likeness (QED) is 0.602. The molecular formula is C20H28N2O5SY-2. The summed E-state index contributed by atoms with van der Waals surface area (Å²) in [7, 11) is -3.38. The van der Waals surface area contributed by atoms with Gasteiger partial charge in [-0.05, 0) is 25.7 Å². The van der Waals surface area contributed by atoms with Crippen molar-refractivity contribution in [1.82, 2.24) is 9.62 Å². The molecule has 2 aliphatic rings. The molecule has 2 heterocycles. The Morgan fingerprint density at radius 1 is 1.38 bits per heavy atom. The number of likely N-dealkylation sites (tertiary alicyclic amines) is 1. The Hall–Kier alpha value is -0.506. The van der Waals surface area contributed by atoms with Crippen LogP contribution in [-0.4, -0.2) is 63.4 Å². The van der Waals surface area contributed by atoms with Crippen LogP contribution in [0.15, 0.2) is 24.3 Å². The van der Waals surface area contributed by atoms with Crippen LogP contribution >= 0.6 is 0 Å². The molecule has 1 aromatic rings. The molecule has 0 spiro atoms. The van der Waals surface area contributed by atoms with Gasteiger partial charge >= 0.3 is 0 Å². The summed E-state index contributed by atoms with van der Waals surface area (Å²) in [6.45, 7) is 4.78. The van der Waals surface area contributed by atoms with E-state index in [0.29, 0.717) is 19.6 Å². The fourth-order valence-corrected chi connectivity index (χ4v) is 4.76. The number of benzene rings is 1. The first kappa shape index (κ1) is 24.8. The Kier molecular flexibility index (Phi) is 9.57. The number of nitrogens with zero attached hydrogens (tertiary/aromatic N) is 1.